The van der Waals surface area contributed by atoms with Crippen LogP contribution in [0.5, 0.6) is 0 Å². The molecule has 1 aliphatic rings. The molecule has 6 nitrogen and oxygen atoms in total. The summed E-state index contributed by atoms with van der Waals surface area (Å²) in [6.07, 6.45) is 4.63. The van der Waals surface area contributed by atoms with Crippen molar-refractivity contribution in [3.63, 3.8) is 0 Å². The fraction of sp³-hybridized carbons (Fsp3) is 0.200. The second-order valence-corrected chi connectivity index (χ2v) is 8.43. The molecule has 0 aromatic rings. The Labute approximate surface area is 116 Å². The number of carbonyl (C=O) groups excluding carboxylic acids is 2. The van der Waals surface area contributed by atoms with Crippen molar-refractivity contribution in [1.29, 1.82) is 5.26 Å². The Balaban J connectivity index is 2.97. The van der Waals surface area contributed by atoms with Gasteiger partial charge in [0.1, 0.15) is 0 Å². The molecule has 1 aliphatic heterocycles. The van der Waals surface area contributed by atoms with Gasteiger partial charge >= 0.3 is 116 Å². The van der Waals surface area contributed by atoms with Crippen LogP contribution in [0.25, 0.3) is 0 Å². The molecule has 0 spiro atoms. The first-order valence-corrected chi connectivity index (χ1v) is 7.95. The molecule has 0 N–H and O–H groups in total. The summed E-state index contributed by atoms with van der Waals surface area (Å²) in [5, 5.41) is 8.27. The number of nitriles is 1. The molecule has 0 aromatic carbocycles. The predicted octanol–water partition coefficient (Wildman–Crippen LogP) is -0.641. The van der Waals surface area contributed by atoms with Crippen LogP contribution in [-0.2, 0) is 19.1 Å². The van der Waals surface area contributed by atoms with Crippen molar-refractivity contribution >= 4 is 48.1 Å². The van der Waals surface area contributed by atoms with Crippen LogP contribution in [-0.4, -0.2) is 62.3 Å². The third kappa shape index (κ3) is 3.55. The first-order chi connectivity index (χ1) is 8.63. The number of hydrogen-bond donors (Lipinski definition) is 0. The van der Waals surface area contributed by atoms with Gasteiger partial charge in [0.2, 0.25) is 0 Å². The molecular formula is C10H8N2O4Se2. The van der Waals surface area contributed by atoms with Crippen LogP contribution >= 0.6 is 0 Å². The maximum atomic E-state index is 11.5. The van der Waals surface area contributed by atoms with Crippen LogP contribution in [0.3, 0.4) is 0 Å². The van der Waals surface area contributed by atoms with E-state index in [-0.39, 0.29) is 29.9 Å². The number of aliphatic imine (C=N–C) groups is 1. The van der Waals surface area contributed by atoms with Gasteiger partial charge in [-0.05, 0) is 0 Å². The van der Waals surface area contributed by atoms with Crippen molar-refractivity contribution in [3.8, 4) is 6.19 Å². The number of ether oxygens (including phenoxy) is 2. The zero-order valence-electron chi connectivity index (χ0n) is 9.50. The second-order valence-electron chi connectivity index (χ2n) is 2.71. The van der Waals surface area contributed by atoms with Crippen molar-refractivity contribution in [2.75, 3.05) is 14.2 Å². The van der Waals surface area contributed by atoms with Crippen molar-refractivity contribution in [2.24, 2.45) is 4.99 Å². The molecule has 0 aliphatic carbocycles. The number of methoxy groups -OCH3 is 2. The molecule has 94 valence electrons. The Kier molecular flexibility index (Phi) is 5.82. The van der Waals surface area contributed by atoms with Gasteiger partial charge in [0, 0.05) is 0 Å². The third-order valence-corrected chi connectivity index (χ3v) is 8.00. The van der Waals surface area contributed by atoms with Gasteiger partial charge in [0.15, 0.2) is 0 Å². The number of carbonyl (C=O) groups is 2. The molecule has 0 amide bonds. The summed E-state index contributed by atoms with van der Waals surface area (Å²) in [4.78, 5) is 26.5. The van der Waals surface area contributed by atoms with Gasteiger partial charge in [-0.2, -0.15) is 0 Å². The summed E-state index contributed by atoms with van der Waals surface area (Å²) in [7, 11) is 2.54. The van der Waals surface area contributed by atoms with Crippen molar-refractivity contribution < 1.29 is 19.1 Å². The molecule has 18 heavy (non-hydrogen) atoms. The molecule has 8 heteroatoms. The summed E-state index contributed by atoms with van der Waals surface area (Å²) in [5.74, 6) is -1.00. The van der Waals surface area contributed by atoms with Gasteiger partial charge in [-0.15, -0.1) is 0 Å². The van der Waals surface area contributed by atoms with E-state index in [0.717, 1.165) is 3.37 Å². The SMILES string of the molecule is COC(=O)C1=C(C(=O)OC)[Se]C(=CC=NC#N)[Se]1. The van der Waals surface area contributed by atoms with Gasteiger partial charge in [-0.1, -0.05) is 0 Å². The average molecular weight is 378 g/mol. The van der Waals surface area contributed by atoms with Gasteiger partial charge in [-0.3, -0.25) is 0 Å². The number of hydrogen-bond acceptors (Lipinski definition) is 6. The topological polar surface area (TPSA) is 88.8 Å². The normalized spacial score (nSPS) is 14.6. The summed E-state index contributed by atoms with van der Waals surface area (Å²) in [6.45, 7) is 0. The molecule has 0 atom stereocenters. The minimum absolute atomic E-state index is 0.280. The van der Waals surface area contributed by atoms with E-state index in [0.29, 0.717) is 8.94 Å². The molecule has 0 saturated carbocycles. The van der Waals surface area contributed by atoms with E-state index in [4.69, 9.17) is 5.26 Å². The van der Waals surface area contributed by atoms with Gasteiger partial charge in [0.25, 0.3) is 0 Å². The quantitative estimate of drug-likeness (QED) is 0.282. The molecular weight excluding hydrogens is 370 g/mol. The first-order valence-electron chi connectivity index (χ1n) is 4.53. The standard InChI is InChI=1S/C10H8N2O4Se2/c1-15-9(13)7-8(10(14)16-2)18-6(17-7)3-4-12-5-11/h3-4H,1-2H3. The van der Waals surface area contributed by atoms with Crippen molar-refractivity contribution in [2.45, 2.75) is 0 Å². The number of esters is 2. The van der Waals surface area contributed by atoms with Crippen LogP contribution < -0.4 is 0 Å². The maximum absolute atomic E-state index is 11.5. The molecule has 0 radical (unpaired) electrons. The Morgan fingerprint density at radius 1 is 1.22 bits per heavy atom. The van der Waals surface area contributed by atoms with Crippen LogP contribution in [0.4, 0.5) is 0 Å². The Morgan fingerprint density at radius 2 is 1.72 bits per heavy atom. The van der Waals surface area contributed by atoms with Crippen molar-refractivity contribution in [3.05, 3.63) is 18.4 Å². The summed E-state index contributed by atoms with van der Waals surface area (Å²) in [6, 6.07) is 0. The second kappa shape index (κ2) is 7.14. The zero-order chi connectivity index (χ0) is 13.5. The Hall–Kier alpha value is -1.38. The minimum atomic E-state index is -0.502. The van der Waals surface area contributed by atoms with Crippen LogP contribution in [0, 0.1) is 11.5 Å². The van der Waals surface area contributed by atoms with E-state index in [1.807, 2.05) is 0 Å². The first kappa shape index (κ1) is 14.7. The fourth-order valence-corrected chi connectivity index (χ4v) is 7.06. The summed E-state index contributed by atoms with van der Waals surface area (Å²) in [5.41, 5.74) is 0. The molecule has 1 heterocycles. The zero-order valence-corrected chi connectivity index (χ0v) is 12.9. The van der Waals surface area contributed by atoms with Gasteiger partial charge in [0.05, 0.1) is 0 Å². The Morgan fingerprint density at radius 3 is 2.11 bits per heavy atom. The molecule has 0 saturated heterocycles. The monoisotopic (exact) mass is 380 g/mol. The van der Waals surface area contributed by atoms with E-state index >= 15 is 0 Å². The van der Waals surface area contributed by atoms with Crippen LogP contribution in [0.2, 0.25) is 0 Å². The molecule has 0 unspecified atom stereocenters. The third-order valence-electron chi connectivity index (χ3n) is 1.70. The van der Waals surface area contributed by atoms with Crippen LogP contribution in [0.15, 0.2) is 23.4 Å². The summed E-state index contributed by atoms with van der Waals surface area (Å²) < 4.78 is 11.0. The van der Waals surface area contributed by atoms with Gasteiger partial charge in [-0.25, -0.2) is 0 Å². The van der Waals surface area contributed by atoms with Crippen LogP contribution in [0.1, 0.15) is 0 Å². The summed E-state index contributed by atoms with van der Waals surface area (Å²) >= 11 is -0.559. The number of nitrogens with zero attached hydrogens (tertiary/aromatic N) is 2. The van der Waals surface area contributed by atoms with E-state index in [9.17, 15) is 9.59 Å². The molecule has 0 fully saturated rings. The fourth-order valence-electron chi connectivity index (χ4n) is 0.968. The molecule has 0 aromatic heterocycles. The molecule has 1 rings (SSSR count). The number of rotatable bonds is 3. The van der Waals surface area contributed by atoms with E-state index < -0.39 is 11.9 Å². The number of allylic oxidation sites excluding steroid dienone is 1. The van der Waals surface area contributed by atoms with E-state index in [2.05, 4.69) is 14.5 Å². The average Bonchev–Trinajstić information content (AvgIpc) is 2.81. The Bertz CT molecular complexity index is 472. The van der Waals surface area contributed by atoms with Gasteiger partial charge < -0.3 is 0 Å². The molecule has 0 bridgehead atoms. The van der Waals surface area contributed by atoms with E-state index in [1.54, 1.807) is 12.3 Å². The predicted molar refractivity (Wildman–Crippen MR) is 64.8 cm³/mol. The van der Waals surface area contributed by atoms with E-state index in [1.165, 1.54) is 20.4 Å². The van der Waals surface area contributed by atoms with Crippen molar-refractivity contribution in [1.82, 2.24) is 0 Å².